The molecule has 0 saturated heterocycles. The van der Waals surface area contributed by atoms with Gasteiger partial charge >= 0.3 is 6.18 Å². The number of amides is 1. The molecule has 8 nitrogen and oxygen atoms in total. The lowest BCUT2D eigenvalue weighted by atomic mass is 10.0. The number of benzene rings is 1. The lowest BCUT2D eigenvalue weighted by Crippen LogP contribution is -2.25. The first-order chi connectivity index (χ1) is 16.8. The SMILES string of the molecule is C#C.CC(C)C.Cc1ccc(CNc2nsnc2Nc2ccc(C(F)(F)F)c(C(=O)N(C)C)c2O)o1. The van der Waals surface area contributed by atoms with Crippen molar-refractivity contribution in [1.29, 1.82) is 0 Å². The fourth-order valence-corrected chi connectivity index (χ4v) is 3.12. The van der Waals surface area contributed by atoms with Crippen molar-refractivity contribution < 1.29 is 27.5 Å². The van der Waals surface area contributed by atoms with Crippen molar-refractivity contribution >= 4 is 35.0 Å². The predicted molar refractivity (Wildman–Crippen MR) is 135 cm³/mol. The van der Waals surface area contributed by atoms with E-state index in [1.807, 2.05) is 0 Å². The number of halogens is 3. The highest BCUT2D eigenvalue weighted by Crippen LogP contribution is 2.41. The molecule has 2 heterocycles. The fraction of sp³-hybridized carbons (Fsp3) is 0.375. The Hall–Kier alpha value is -3.72. The largest absolute Gasteiger partial charge is 0.505 e. The van der Waals surface area contributed by atoms with Gasteiger partial charge in [-0.05, 0) is 37.1 Å². The van der Waals surface area contributed by atoms with Crippen LogP contribution in [-0.4, -0.2) is 38.8 Å². The maximum atomic E-state index is 13.3. The van der Waals surface area contributed by atoms with Crippen LogP contribution in [0.1, 0.15) is 48.2 Å². The highest BCUT2D eigenvalue weighted by Gasteiger charge is 2.38. The first-order valence-electron chi connectivity index (χ1n) is 10.7. The monoisotopic (exact) mass is 525 g/mol. The van der Waals surface area contributed by atoms with E-state index in [0.29, 0.717) is 18.1 Å². The summed E-state index contributed by atoms with van der Waals surface area (Å²) < 4.78 is 53.6. The Bertz CT molecular complexity index is 1150. The average Bonchev–Trinajstić information content (AvgIpc) is 3.41. The number of hydrogen-bond donors (Lipinski definition) is 3. The molecule has 2 aromatic heterocycles. The van der Waals surface area contributed by atoms with Crippen LogP contribution in [0.2, 0.25) is 0 Å². The van der Waals surface area contributed by atoms with Crippen molar-refractivity contribution in [2.45, 2.75) is 40.4 Å². The van der Waals surface area contributed by atoms with E-state index in [1.165, 1.54) is 14.1 Å². The smallest absolute Gasteiger partial charge is 0.417 e. The van der Waals surface area contributed by atoms with Crippen molar-refractivity contribution in [2.24, 2.45) is 5.92 Å². The minimum atomic E-state index is -4.81. The Morgan fingerprint density at radius 1 is 1.14 bits per heavy atom. The van der Waals surface area contributed by atoms with E-state index in [2.05, 4.69) is 53.0 Å². The van der Waals surface area contributed by atoms with Crippen LogP contribution in [0.15, 0.2) is 28.7 Å². The molecular weight excluding hydrogens is 495 g/mol. The lowest BCUT2D eigenvalue weighted by Gasteiger charge is -2.19. The molecule has 0 saturated carbocycles. The molecule has 0 aliphatic heterocycles. The van der Waals surface area contributed by atoms with E-state index >= 15 is 0 Å². The topological polar surface area (TPSA) is 104 Å². The van der Waals surface area contributed by atoms with Gasteiger partial charge in [0.25, 0.3) is 5.91 Å². The Labute approximate surface area is 212 Å². The van der Waals surface area contributed by atoms with Crippen molar-refractivity contribution in [2.75, 3.05) is 24.7 Å². The van der Waals surface area contributed by atoms with Crippen LogP contribution in [0.3, 0.4) is 0 Å². The highest BCUT2D eigenvalue weighted by molar-refractivity contribution is 6.99. The van der Waals surface area contributed by atoms with Crippen molar-refractivity contribution in [1.82, 2.24) is 13.6 Å². The van der Waals surface area contributed by atoms with Gasteiger partial charge in [0, 0.05) is 14.1 Å². The third-order valence-electron chi connectivity index (χ3n) is 4.07. The number of hydrogen-bond acceptors (Lipinski definition) is 8. The van der Waals surface area contributed by atoms with E-state index in [4.69, 9.17) is 4.42 Å². The maximum absolute atomic E-state index is 13.3. The van der Waals surface area contributed by atoms with E-state index in [1.54, 1.807) is 19.1 Å². The van der Waals surface area contributed by atoms with Crippen LogP contribution >= 0.6 is 11.7 Å². The summed E-state index contributed by atoms with van der Waals surface area (Å²) in [4.78, 5) is 13.3. The van der Waals surface area contributed by atoms with Gasteiger partial charge in [0.05, 0.1) is 35.1 Å². The van der Waals surface area contributed by atoms with Crippen LogP contribution < -0.4 is 10.6 Å². The third kappa shape index (κ3) is 8.49. The van der Waals surface area contributed by atoms with Crippen LogP contribution in [0.5, 0.6) is 5.75 Å². The number of aryl methyl sites for hydroxylation is 1. The number of terminal acetylenes is 1. The number of rotatable bonds is 6. The molecule has 0 aliphatic carbocycles. The lowest BCUT2D eigenvalue weighted by molar-refractivity contribution is -0.138. The van der Waals surface area contributed by atoms with Crippen molar-refractivity contribution in [3.05, 3.63) is 46.9 Å². The summed E-state index contributed by atoms with van der Waals surface area (Å²) in [6.07, 6.45) is 3.19. The number of phenols is 1. The number of nitrogens with zero attached hydrogens (tertiary/aromatic N) is 3. The summed E-state index contributed by atoms with van der Waals surface area (Å²) in [5.74, 6) is 0.919. The van der Waals surface area contributed by atoms with E-state index in [9.17, 15) is 23.1 Å². The van der Waals surface area contributed by atoms with Gasteiger partial charge in [0.2, 0.25) is 0 Å². The molecule has 0 bridgehead atoms. The zero-order valence-electron chi connectivity index (χ0n) is 20.9. The molecule has 3 N–H and O–H groups in total. The molecule has 0 atom stereocenters. The van der Waals surface area contributed by atoms with E-state index in [-0.39, 0.29) is 11.5 Å². The summed E-state index contributed by atoms with van der Waals surface area (Å²) in [6.45, 7) is 8.61. The second-order valence-electron chi connectivity index (χ2n) is 8.27. The van der Waals surface area contributed by atoms with Crippen LogP contribution in [0, 0.1) is 25.7 Å². The molecule has 196 valence electrons. The number of phenolic OH excluding ortho intramolecular Hbond substituents is 1. The van der Waals surface area contributed by atoms with E-state index < -0.39 is 29.0 Å². The first-order valence-corrected chi connectivity index (χ1v) is 11.4. The fourth-order valence-electron chi connectivity index (χ4n) is 2.63. The summed E-state index contributed by atoms with van der Waals surface area (Å²) in [5, 5.41) is 16.2. The molecule has 36 heavy (non-hydrogen) atoms. The van der Waals surface area contributed by atoms with Gasteiger partial charge in [-0.1, -0.05) is 20.8 Å². The van der Waals surface area contributed by atoms with Crippen LogP contribution in [-0.2, 0) is 12.7 Å². The Morgan fingerprint density at radius 3 is 2.22 bits per heavy atom. The summed E-state index contributed by atoms with van der Waals surface area (Å²) in [6, 6.07) is 5.36. The van der Waals surface area contributed by atoms with E-state index in [0.717, 1.165) is 40.4 Å². The van der Waals surface area contributed by atoms with Gasteiger partial charge < -0.3 is 25.1 Å². The van der Waals surface area contributed by atoms with Gasteiger partial charge in [0.1, 0.15) is 11.5 Å². The summed E-state index contributed by atoms with van der Waals surface area (Å²) in [7, 11) is 2.59. The highest BCUT2D eigenvalue weighted by atomic mass is 32.1. The molecule has 1 aromatic carbocycles. The van der Waals surface area contributed by atoms with Gasteiger partial charge in [-0.25, -0.2) is 0 Å². The zero-order valence-corrected chi connectivity index (χ0v) is 21.7. The molecule has 1 amide bonds. The van der Waals surface area contributed by atoms with Crippen LogP contribution in [0.4, 0.5) is 30.5 Å². The average molecular weight is 526 g/mol. The third-order valence-corrected chi connectivity index (χ3v) is 4.60. The standard InChI is InChI=1S/C18H18F3N5O3S.C4H10.C2H2/c1-9-4-5-10(29-9)8-22-15-16(25-30-24-15)23-12-7-6-11(18(19,20)21)13(14(12)27)17(28)26(2)3;1-4(2)3;1-2/h4-7,27H,8H2,1-3H3,(H,22,24)(H,23,25);4H,1-3H3;1-2H. The van der Waals surface area contributed by atoms with Gasteiger partial charge in [-0.2, -0.15) is 21.9 Å². The Balaban J connectivity index is 0.000000982. The zero-order chi connectivity index (χ0) is 27.6. The van der Waals surface area contributed by atoms with Crippen molar-refractivity contribution in [3.63, 3.8) is 0 Å². The molecule has 0 aliphatic rings. The predicted octanol–water partition coefficient (Wildman–Crippen LogP) is 6.13. The number of carbonyl (C=O) groups is 1. The molecule has 0 unspecified atom stereocenters. The molecule has 12 heteroatoms. The minimum Gasteiger partial charge on any atom is -0.505 e. The first kappa shape index (κ1) is 30.3. The number of aromatic nitrogens is 2. The summed E-state index contributed by atoms with van der Waals surface area (Å²) in [5.41, 5.74) is -2.19. The van der Waals surface area contributed by atoms with Gasteiger partial charge in [-0.15, -0.1) is 12.8 Å². The number of anilines is 3. The molecule has 3 rings (SSSR count). The molecule has 0 spiro atoms. The Kier molecular flexibility index (Phi) is 11.3. The number of alkyl halides is 3. The minimum absolute atomic E-state index is 0.113. The number of furan rings is 1. The summed E-state index contributed by atoms with van der Waals surface area (Å²) >= 11 is 0.862. The molecule has 3 aromatic rings. The molecule has 0 fully saturated rings. The van der Waals surface area contributed by atoms with Crippen molar-refractivity contribution in [3.8, 4) is 18.6 Å². The number of nitrogens with one attached hydrogen (secondary N) is 2. The number of carbonyl (C=O) groups excluding carboxylic acids is 1. The maximum Gasteiger partial charge on any atom is 0.417 e. The molecular formula is C24H30F3N5O3S. The second kappa shape index (κ2) is 13.4. The Morgan fingerprint density at radius 2 is 1.72 bits per heavy atom. The quantitative estimate of drug-likeness (QED) is 0.263. The van der Waals surface area contributed by atoms with Gasteiger partial charge in [-0.3, -0.25) is 4.79 Å². The van der Waals surface area contributed by atoms with Crippen LogP contribution in [0.25, 0.3) is 0 Å². The van der Waals surface area contributed by atoms with Gasteiger partial charge in [0.15, 0.2) is 17.4 Å². The number of aromatic hydroxyl groups is 1. The second-order valence-corrected chi connectivity index (χ2v) is 8.79. The normalized spacial score (nSPS) is 10.6. The molecule has 0 radical (unpaired) electrons.